The third-order valence-electron chi connectivity index (χ3n) is 2.62. The Labute approximate surface area is 131 Å². The maximum absolute atomic E-state index is 5.66. The van der Waals surface area contributed by atoms with E-state index >= 15 is 0 Å². The highest BCUT2D eigenvalue weighted by Crippen LogP contribution is 2.22. The van der Waals surface area contributed by atoms with E-state index in [0.29, 0.717) is 23.1 Å². The van der Waals surface area contributed by atoms with Gasteiger partial charge in [-0.05, 0) is 39.7 Å². The monoisotopic (exact) mass is 352 g/mol. The van der Waals surface area contributed by atoms with E-state index in [4.69, 9.17) is 27.4 Å². The van der Waals surface area contributed by atoms with Gasteiger partial charge in [-0.3, -0.25) is 4.98 Å². The van der Waals surface area contributed by atoms with Crippen LogP contribution in [-0.4, -0.2) is 17.1 Å². The summed E-state index contributed by atoms with van der Waals surface area (Å²) >= 11 is 8.31. The first-order valence-corrected chi connectivity index (χ1v) is 7.00. The lowest BCUT2D eigenvalue weighted by molar-refractivity contribution is 0.303. The topological polar surface area (TPSA) is 57.4 Å². The summed E-state index contributed by atoms with van der Waals surface area (Å²) in [7, 11) is 1.58. The second kappa shape index (κ2) is 6.67. The van der Waals surface area contributed by atoms with E-state index in [0.717, 1.165) is 15.6 Å². The summed E-state index contributed by atoms with van der Waals surface area (Å²) in [6, 6.07) is 7.45. The van der Waals surface area contributed by atoms with E-state index in [1.54, 1.807) is 19.5 Å². The molecule has 1 aromatic carbocycles. The number of pyridine rings is 1. The minimum absolute atomic E-state index is 0.311. The Balaban J connectivity index is 2.12. The molecule has 0 unspecified atom stereocenters. The normalized spacial score (nSPS) is 10.1. The van der Waals surface area contributed by atoms with Gasteiger partial charge >= 0.3 is 0 Å². The number of benzene rings is 1. The van der Waals surface area contributed by atoms with Crippen molar-refractivity contribution in [2.75, 3.05) is 7.11 Å². The number of nitrogens with two attached hydrogens (primary N) is 1. The second-order valence-electron chi connectivity index (χ2n) is 4.03. The minimum Gasteiger partial charge on any atom is -0.496 e. The molecular formula is C14H13BrN2O2S. The quantitative estimate of drug-likeness (QED) is 0.838. The van der Waals surface area contributed by atoms with Crippen LogP contribution in [0.5, 0.6) is 11.5 Å². The van der Waals surface area contributed by atoms with Crippen LogP contribution < -0.4 is 15.2 Å². The predicted molar refractivity (Wildman–Crippen MR) is 85.2 cm³/mol. The first kappa shape index (κ1) is 14.7. The molecule has 20 heavy (non-hydrogen) atoms. The number of nitrogens with zero attached hydrogens (tertiary/aromatic N) is 1. The number of ether oxygens (including phenoxy) is 2. The van der Waals surface area contributed by atoms with Crippen LogP contribution in [0.15, 0.2) is 41.1 Å². The largest absolute Gasteiger partial charge is 0.496 e. The van der Waals surface area contributed by atoms with Gasteiger partial charge in [-0.25, -0.2) is 0 Å². The van der Waals surface area contributed by atoms with Crippen LogP contribution in [0.4, 0.5) is 0 Å². The molecule has 104 valence electrons. The number of rotatable bonds is 5. The zero-order chi connectivity index (χ0) is 14.5. The predicted octanol–water partition coefficient (Wildman–Crippen LogP) is 3.07. The van der Waals surface area contributed by atoms with Crippen molar-refractivity contribution in [3.05, 3.63) is 52.3 Å². The van der Waals surface area contributed by atoms with Crippen molar-refractivity contribution in [2.45, 2.75) is 6.61 Å². The lowest BCUT2D eigenvalue weighted by atomic mass is 10.1. The zero-order valence-corrected chi connectivity index (χ0v) is 13.2. The molecule has 0 bridgehead atoms. The highest BCUT2D eigenvalue weighted by atomic mass is 79.9. The molecule has 0 radical (unpaired) electrons. The third-order valence-corrected chi connectivity index (χ3v) is 3.27. The summed E-state index contributed by atoms with van der Waals surface area (Å²) in [5.74, 6) is 1.34. The number of aromatic nitrogens is 1. The Morgan fingerprint density at radius 1 is 1.35 bits per heavy atom. The molecule has 0 aliphatic rings. The number of hydrogen-bond donors (Lipinski definition) is 1. The van der Waals surface area contributed by atoms with Gasteiger partial charge in [0.15, 0.2) is 0 Å². The van der Waals surface area contributed by atoms with Gasteiger partial charge in [0.25, 0.3) is 0 Å². The summed E-state index contributed by atoms with van der Waals surface area (Å²) in [4.78, 5) is 4.35. The molecule has 6 heteroatoms. The third kappa shape index (κ3) is 3.68. The van der Waals surface area contributed by atoms with Crippen molar-refractivity contribution in [3.8, 4) is 11.5 Å². The lowest BCUT2D eigenvalue weighted by Crippen LogP contribution is -2.11. The fourth-order valence-electron chi connectivity index (χ4n) is 1.67. The number of thiocarbonyl (C=S) groups is 1. The van der Waals surface area contributed by atoms with Crippen molar-refractivity contribution >= 4 is 33.1 Å². The molecular weight excluding hydrogens is 340 g/mol. The van der Waals surface area contributed by atoms with Gasteiger partial charge in [0.2, 0.25) is 0 Å². The number of methoxy groups -OCH3 is 1. The van der Waals surface area contributed by atoms with Crippen LogP contribution in [0.2, 0.25) is 0 Å². The minimum atomic E-state index is 0.311. The van der Waals surface area contributed by atoms with Crippen molar-refractivity contribution in [1.82, 2.24) is 4.98 Å². The molecule has 0 saturated carbocycles. The SMILES string of the molecule is COc1cc(COc2cncc(Br)c2)ccc1C(N)=S. The summed E-state index contributed by atoms with van der Waals surface area (Å²) in [6.45, 7) is 0.409. The van der Waals surface area contributed by atoms with E-state index in [1.165, 1.54) is 0 Å². The molecule has 0 atom stereocenters. The van der Waals surface area contributed by atoms with Crippen molar-refractivity contribution in [2.24, 2.45) is 5.73 Å². The van der Waals surface area contributed by atoms with Crippen LogP contribution in [0.25, 0.3) is 0 Å². The van der Waals surface area contributed by atoms with Gasteiger partial charge in [-0.15, -0.1) is 0 Å². The van der Waals surface area contributed by atoms with Gasteiger partial charge in [0, 0.05) is 10.7 Å². The average Bonchev–Trinajstić information content (AvgIpc) is 2.44. The standard InChI is InChI=1S/C14H13BrN2O2S/c1-18-13-4-9(2-3-12(13)14(16)20)8-19-11-5-10(15)6-17-7-11/h2-7H,8H2,1H3,(H2,16,20). The fraction of sp³-hybridized carbons (Fsp3) is 0.143. The van der Waals surface area contributed by atoms with E-state index < -0.39 is 0 Å². The van der Waals surface area contributed by atoms with Crippen LogP contribution in [-0.2, 0) is 6.61 Å². The van der Waals surface area contributed by atoms with Crippen LogP contribution in [0.3, 0.4) is 0 Å². The molecule has 1 aromatic heterocycles. The van der Waals surface area contributed by atoms with E-state index in [1.807, 2.05) is 24.3 Å². The molecule has 4 nitrogen and oxygen atoms in total. The Morgan fingerprint density at radius 3 is 2.80 bits per heavy atom. The maximum atomic E-state index is 5.66. The van der Waals surface area contributed by atoms with Crippen molar-refractivity contribution < 1.29 is 9.47 Å². The highest BCUT2D eigenvalue weighted by molar-refractivity contribution is 9.10. The average molecular weight is 353 g/mol. The van der Waals surface area contributed by atoms with Crippen molar-refractivity contribution in [1.29, 1.82) is 0 Å². The Morgan fingerprint density at radius 2 is 2.15 bits per heavy atom. The summed E-state index contributed by atoms with van der Waals surface area (Å²) in [6.07, 6.45) is 3.36. The van der Waals surface area contributed by atoms with Gasteiger partial charge in [0.1, 0.15) is 23.1 Å². The molecule has 0 fully saturated rings. The van der Waals surface area contributed by atoms with Gasteiger partial charge < -0.3 is 15.2 Å². The maximum Gasteiger partial charge on any atom is 0.139 e. The Bertz CT molecular complexity index is 634. The number of halogens is 1. The second-order valence-corrected chi connectivity index (χ2v) is 5.38. The lowest BCUT2D eigenvalue weighted by Gasteiger charge is -2.10. The first-order valence-electron chi connectivity index (χ1n) is 5.80. The first-order chi connectivity index (χ1) is 9.60. The van der Waals surface area contributed by atoms with Gasteiger partial charge in [-0.1, -0.05) is 18.3 Å². The molecule has 2 aromatic rings. The van der Waals surface area contributed by atoms with E-state index in [9.17, 15) is 0 Å². The van der Waals surface area contributed by atoms with E-state index in [2.05, 4.69) is 20.9 Å². The molecule has 0 aliphatic carbocycles. The van der Waals surface area contributed by atoms with Crippen LogP contribution in [0, 0.1) is 0 Å². The summed E-state index contributed by atoms with van der Waals surface area (Å²) in [5.41, 5.74) is 7.31. The zero-order valence-electron chi connectivity index (χ0n) is 10.8. The fourth-order valence-corrected chi connectivity index (χ4v) is 2.18. The van der Waals surface area contributed by atoms with E-state index in [-0.39, 0.29) is 0 Å². The molecule has 0 saturated heterocycles. The van der Waals surface area contributed by atoms with Crippen molar-refractivity contribution in [3.63, 3.8) is 0 Å². The number of hydrogen-bond acceptors (Lipinski definition) is 4. The summed E-state index contributed by atoms with van der Waals surface area (Å²) < 4.78 is 11.8. The van der Waals surface area contributed by atoms with Crippen LogP contribution >= 0.6 is 28.1 Å². The molecule has 0 aliphatic heterocycles. The van der Waals surface area contributed by atoms with Crippen LogP contribution in [0.1, 0.15) is 11.1 Å². The molecule has 1 heterocycles. The van der Waals surface area contributed by atoms with Gasteiger partial charge in [0.05, 0.1) is 18.9 Å². The summed E-state index contributed by atoms with van der Waals surface area (Å²) in [5, 5.41) is 0. The molecule has 2 rings (SSSR count). The molecule has 0 amide bonds. The molecule has 2 N–H and O–H groups in total. The Kier molecular flexibility index (Phi) is 4.92. The molecule has 0 spiro atoms. The Hall–Kier alpha value is -1.66. The van der Waals surface area contributed by atoms with Gasteiger partial charge in [-0.2, -0.15) is 0 Å². The highest BCUT2D eigenvalue weighted by Gasteiger charge is 2.07. The smallest absolute Gasteiger partial charge is 0.139 e.